The minimum Gasteiger partial charge on any atom is -0.381 e. The predicted molar refractivity (Wildman–Crippen MR) is 87.1 cm³/mol. The van der Waals surface area contributed by atoms with Crippen LogP contribution in [-0.2, 0) is 9.53 Å². The Morgan fingerprint density at radius 3 is 2.68 bits per heavy atom. The zero-order chi connectivity index (χ0) is 16.2. The maximum absolute atomic E-state index is 11.8. The molecular formula is C16H23ClN2O3. The molecule has 0 atom stereocenters. The van der Waals surface area contributed by atoms with Crippen LogP contribution in [0.2, 0.25) is 5.02 Å². The molecule has 2 N–H and O–H groups in total. The largest absolute Gasteiger partial charge is 0.381 e. The number of carbonyl (C=O) groups excluding carboxylic acids is 2. The van der Waals surface area contributed by atoms with E-state index in [0.717, 1.165) is 25.9 Å². The van der Waals surface area contributed by atoms with E-state index in [9.17, 15) is 9.59 Å². The molecule has 22 heavy (non-hydrogen) atoms. The summed E-state index contributed by atoms with van der Waals surface area (Å²) in [4.78, 5) is 23.4. The zero-order valence-corrected chi connectivity index (χ0v) is 13.6. The molecule has 0 aliphatic carbocycles. The van der Waals surface area contributed by atoms with Gasteiger partial charge in [0.2, 0.25) is 5.91 Å². The van der Waals surface area contributed by atoms with E-state index >= 15 is 0 Å². The first-order chi connectivity index (χ1) is 10.6. The Morgan fingerprint density at radius 2 is 1.95 bits per heavy atom. The molecule has 1 aromatic carbocycles. The first kappa shape index (κ1) is 18.5. The van der Waals surface area contributed by atoms with Crippen molar-refractivity contribution in [3.05, 3.63) is 34.9 Å². The van der Waals surface area contributed by atoms with Crippen LogP contribution in [0.25, 0.3) is 0 Å². The fourth-order valence-electron chi connectivity index (χ4n) is 1.71. The van der Waals surface area contributed by atoms with Crippen molar-refractivity contribution in [2.45, 2.75) is 26.2 Å². The summed E-state index contributed by atoms with van der Waals surface area (Å²) in [6.45, 7) is 4.00. The number of unbranched alkanes of at least 4 members (excludes halogenated alkanes) is 1. The summed E-state index contributed by atoms with van der Waals surface area (Å²) in [5.41, 5.74) is 0.435. The quantitative estimate of drug-likeness (QED) is 0.649. The second-order valence-corrected chi connectivity index (χ2v) is 5.30. The molecule has 1 rings (SSSR count). The van der Waals surface area contributed by atoms with E-state index in [1.165, 1.54) is 0 Å². The first-order valence-electron chi connectivity index (χ1n) is 7.51. The minimum atomic E-state index is -0.319. The van der Waals surface area contributed by atoms with Crippen LogP contribution >= 0.6 is 11.6 Å². The van der Waals surface area contributed by atoms with Crippen LogP contribution in [0.15, 0.2) is 24.3 Å². The van der Waals surface area contributed by atoms with Gasteiger partial charge in [-0.15, -0.1) is 0 Å². The van der Waals surface area contributed by atoms with Crippen LogP contribution in [0, 0.1) is 0 Å². The molecule has 6 heteroatoms. The van der Waals surface area contributed by atoms with Crippen LogP contribution < -0.4 is 10.6 Å². The third-order valence-electron chi connectivity index (χ3n) is 2.93. The number of amides is 2. The normalized spacial score (nSPS) is 10.3. The highest BCUT2D eigenvalue weighted by atomic mass is 35.5. The number of hydrogen-bond acceptors (Lipinski definition) is 3. The number of ether oxygens (including phenoxy) is 1. The van der Waals surface area contributed by atoms with Gasteiger partial charge < -0.3 is 15.4 Å². The van der Waals surface area contributed by atoms with Gasteiger partial charge in [0.15, 0.2) is 0 Å². The van der Waals surface area contributed by atoms with Crippen LogP contribution in [-0.4, -0.2) is 38.1 Å². The number of halogens is 1. The summed E-state index contributed by atoms with van der Waals surface area (Å²) >= 11 is 5.81. The summed E-state index contributed by atoms with van der Waals surface area (Å²) in [6, 6.07) is 6.58. The van der Waals surface area contributed by atoms with Crippen LogP contribution in [0.1, 0.15) is 36.5 Å². The first-order valence-corrected chi connectivity index (χ1v) is 7.89. The molecule has 0 unspecified atom stereocenters. The summed E-state index contributed by atoms with van der Waals surface area (Å²) in [7, 11) is 0. The fraction of sp³-hybridized carbons (Fsp3) is 0.500. The lowest BCUT2D eigenvalue weighted by atomic mass is 10.2. The van der Waals surface area contributed by atoms with Crippen molar-refractivity contribution in [3.63, 3.8) is 0 Å². The van der Waals surface area contributed by atoms with E-state index in [1.54, 1.807) is 24.3 Å². The standard InChI is InChI=1S/C16H23ClN2O3/c1-2-3-9-22-10-5-8-18-15(20)12-19-16(21)13-6-4-7-14(17)11-13/h4,6-7,11H,2-3,5,8-10,12H2,1H3,(H,18,20)(H,19,21). The van der Waals surface area contributed by atoms with Gasteiger partial charge in [-0.05, 0) is 31.0 Å². The second-order valence-electron chi connectivity index (χ2n) is 4.86. The van der Waals surface area contributed by atoms with Gasteiger partial charge in [0.05, 0.1) is 6.54 Å². The minimum absolute atomic E-state index is 0.0535. The van der Waals surface area contributed by atoms with E-state index in [0.29, 0.717) is 23.7 Å². The van der Waals surface area contributed by atoms with E-state index < -0.39 is 0 Å². The predicted octanol–water partition coefficient (Wildman–Crippen LogP) is 2.39. The van der Waals surface area contributed by atoms with Crippen molar-refractivity contribution < 1.29 is 14.3 Å². The highest BCUT2D eigenvalue weighted by Gasteiger charge is 2.07. The highest BCUT2D eigenvalue weighted by Crippen LogP contribution is 2.10. The second kappa shape index (κ2) is 11.0. The van der Waals surface area contributed by atoms with Gasteiger partial charge in [-0.2, -0.15) is 0 Å². The van der Waals surface area contributed by atoms with Gasteiger partial charge in [0.25, 0.3) is 5.91 Å². The van der Waals surface area contributed by atoms with Gasteiger partial charge in [-0.3, -0.25) is 9.59 Å². The lowest BCUT2D eigenvalue weighted by Gasteiger charge is -2.07. The van der Waals surface area contributed by atoms with Crippen molar-refractivity contribution in [1.82, 2.24) is 10.6 Å². The molecule has 2 amide bonds. The van der Waals surface area contributed by atoms with Gasteiger partial charge in [0, 0.05) is 30.3 Å². The number of nitrogens with one attached hydrogen (secondary N) is 2. The molecule has 0 bridgehead atoms. The Kier molecular flexibility index (Phi) is 9.26. The molecule has 5 nitrogen and oxygen atoms in total. The molecular weight excluding hydrogens is 304 g/mol. The van der Waals surface area contributed by atoms with E-state index in [-0.39, 0.29) is 18.4 Å². The lowest BCUT2D eigenvalue weighted by Crippen LogP contribution is -2.37. The topological polar surface area (TPSA) is 67.4 Å². The third kappa shape index (κ3) is 8.00. The maximum atomic E-state index is 11.8. The number of carbonyl (C=O) groups is 2. The maximum Gasteiger partial charge on any atom is 0.251 e. The monoisotopic (exact) mass is 326 g/mol. The van der Waals surface area contributed by atoms with Crippen LogP contribution in [0.5, 0.6) is 0 Å². The Bertz CT molecular complexity index is 480. The van der Waals surface area contributed by atoms with Crippen molar-refractivity contribution in [3.8, 4) is 0 Å². The number of rotatable bonds is 10. The fourth-order valence-corrected chi connectivity index (χ4v) is 1.90. The Labute approximate surface area is 136 Å². The van der Waals surface area contributed by atoms with E-state index in [1.807, 2.05) is 0 Å². The summed E-state index contributed by atoms with van der Waals surface area (Å²) in [6.07, 6.45) is 2.93. The summed E-state index contributed by atoms with van der Waals surface area (Å²) in [5, 5.41) is 5.77. The van der Waals surface area contributed by atoms with E-state index in [2.05, 4.69) is 17.6 Å². The van der Waals surface area contributed by atoms with Crippen LogP contribution in [0.4, 0.5) is 0 Å². The summed E-state index contributed by atoms with van der Waals surface area (Å²) in [5.74, 6) is -0.538. The average molecular weight is 327 g/mol. The van der Waals surface area contributed by atoms with Crippen LogP contribution in [0.3, 0.4) is 0 Å². The Hall–Kier alpha value is -1.59. The molecule has 0 aliphatic rings. The van der Waals surface area contributed by atoms with Crippen molar-refractivity contribution in [2.24, 2.45) is 0 Å². The highest BCUT2D eigenvalue weighted by molar-refractivity contribution is 6.30. The summed E-state index contributed by atoms with van der Waals surface area (Å²) < 4.78 is 5.39. The Morgan fingerprint density at radius 1 is 1.18 bits per heavy atom. The van der Waals surface area contributed by atoms with Gasteiger partial charge in [-0.1, -0.05) is 31.0 Å². The molecule has 122 valence electrons. The average Bonchev–Trinajstić information content (AvgIpc) is 2.51. The molecule has 0 fully saturated rings. The molecule has 0 aliphatic heterocycles. The lowest BCUT2D eigenvalue weighted by molar-refractivity contribution is -0.120. The number of hydrogen-bond donors (Lipinski definition) is 2. The molecule has 0 aromatic heterocycles. The third-order valence-corrected chi connectivity index (χ3v) is 3.16. The number of benzene rings is 1. The molecule has 0 saturated carbocycles. The van der Waals surface area contributed by atoms with Crippen molar-refractivity contribution in [2.75, 3.05) is 26.3 Å². The smallest absolute Gasteiger partial charge is 0.251 e. The Balaban J connectivity index is 2.11. The molecule has 0 spiro atoms. The van der Waals surface area contributed by atoms with Gasteiger partial charge in [-0.25, -0.2) is 0 Å². The van der Waals surface area contributed by atoms with E-state index in [4.69, 9.17) is 16.3 Å². The van der Waals surface area contributed by atoms with Crippen molar-refractivity contribution in [1.29, 1.82) is 0 Å². The van der Waals surface area contributed by atoms with Gasteiger partial charge >= 0.3 is 0 Å². The zero-order valence-electron chi connectivity index (χ0n) is 12.9. The SMILES string of the molecule is CCCCOCCCNC(=O)CNC(=O)c1cccc(Cl)c1. The van der Waals surface area contributed by atoms with Crippen molar-refractivity contribution >= 4 is 23.4 Å². The molecule has 0 radical (unpaired) electrons. The molecule has 1 aromatic rings. The molecule has 0 saturated heterocycles. The van der Waals surface area contributed by atoms with Gasteiger partial charge in [0.1, 0.15) is 0 Å². The molecule has 0 heterocycles.